The van der Waals surface area contributed by atoms with Crippen LogP contribution in [0.1, 0.15) is 0 Å². The first-order valence-corrected chi connectivity index (χ1v) is 6.79. The molecule has 0 spiro atoms. The van der Waals surface area contributed by atoms with Crippen LogP contribution in [0, 0.1) is 5.41 Å². The Morgan fingerprint density at radius 2 is 1.84 bits per heavy atom. The highest BCUT2D eigenvalue weighted by atomic mass is 16.5. The number of hydrogen-bond donors (Lipinski definition) is 1. The standard InChI is InChI=1S/C15H24N2O2/c1-16(10-15(11-18)12-19-13-15)8-9-17(2)14-6-4-3-5-7-14/h3-7,18H,8-13H2,1-2H3. The zero-order valence-corrected chi connectivity index (χ0v) is 11.9. The minimum atomic E-state index is -0.0277. The molecule has 1 heterocycles. The van der Waals surface area contributed by atoms with Gasteiger partial charge in [-0.1, -0.05) is 18.2 Å². The molecule has 1 N–H and O–H groups in total. The molecule has 0 bridgehead atoms. The zero-order valence-electron chi connectivity index (χ0n) is 11.9. The van der Waals surface area contributed by atoms with Crippen LogP contribution in [0.15, 0.2) is 30.3 Å². The van der Waals surface area contributed by atoms with E-state index in [-0.39, 0.29) is 12.0 Å². The summed E-state index contributed by atoms with van der Waals surface area (Å²) in [5, 5.41) is 9.42. The van der Waals surface area contributed by atoms with Crippen molar-refractivity contribution < 1.29 is 9.84 Å². The molecule has 0 amide bonds. The summed E-state index contributed by atoms with van der Waals surface area (Å²) in [6.07, 6.45) is 0. The summed E-state index contributed by atoms with van der Waals surface area (Å²) < 4.78 is 5.23. The Hall–Kier alpha value is -1.10. The van der Waals surface area contributed by atoms with Crippen LogP contribution in [0.4, 0.5) is 5.69 Å². The maximum absolute atomic E-state index is 9.42. The van der Waals surface area contributed by atoms with Crippen molar-refractivity contribution >= 4 is 5.69 Å². The van der Waals surface area contributed by atoms with Gasteiger partial charge in [-0.25, -0.2) is 0 Å². The van der Waals surface area contributed by atoms with E-state index < -0.39 is 0 Å². The van der Waals surface area contributed by atoms with Gasteiger partial charge in [0.1, 0.15) is 0 Å². The lowest BCUT2D eigenvalue weighted by atomic mass is 9.86. The lowest BCUT2D eigenvalue weighted by Crippen LogP contribution is -2.53. The van der Waals surface area contributed by atoms with Crippen LogP contribution in [0.5, 0.6) is 0 Å². The molecule has 4 nitrogen and oxygen atoms in total. The number of anilines is 1. The molecular weight excluding hydrogens is 240 g/mol. The predicted octanol–water partition coefficient (Wildman–Crippen LogP) is 1.06. The monoisotopic (exact) mass is 264 g/mol. The molecule has 0 aliphatic carbocycles. The van der Waals surface area contributed by atoms with E-state index in [9.17, 15) is 5.11 Å². The number of nitrogens with zero attached hydrogens (tertiary/aromatic N) is 2. The average Bonchev–Trinajstić information content (AvgIpc) is 2.41. The summed E-state index contributed by atoms with van der Waals surface area (Å²) in [6.45, 7) is 4.43. The Labute approximate surface area is 115 Å². The Kier molecular flexibility index (Phi) is 4.80. The maximum atomic E-state index is 9.42. The largest absolute Gasteiger partial charge is 0.396 e. The summed E-state index contributed by atoms with van der Waals surface area (Å²) in [7, 11) is 4.21. The second kappa shape index (κ2) is 6.37. The van der Waals surface area contributed by atoms with Crippen molar-refractivity contribution in [2.75, 3.05) is 58.5 Å². The molecule has 106 valence electrons. The van der Waals surface area contributed by atoms with Gasteiger partial charge in [-0.2, -0.15) is 0 Å². The van der Waals surface area contributed by atoms with Gasteiger partial charge in [-0.05, 0) is 19.2 Å². The summed E-state index contributed by atoms with van der Waals surface area (Å²) in [6, 6.07) is 10.4. The average molecular weight is 264 g/mol. The van der Waals surface area contributed by atoms with E-state index in [2.05, 4.69) is 48.2 Å². The van der Waals surface area contributed by atoms with E-state index >= 15 is 0 Å². The van der Waals surface area contributed by atoms with Gasteiger partial charge in [-0.3, -0.25) is 0 Å². The van der Waals surface area contributed by atoms with Crippen molar-refractivity contribution in [3.05, 3.63) is 30.3 Å². The van der Waals surface area contributed by atoms with Crippen molar-refractivity contribution in [1.29, 1.82) is 0 Å². The van der Waals surface area contributed by atoms with E-state index in [0.29, 0.717) is 13.2 Å². The van der Waals surface area contributed by atoms with Crippen molar-refractivity contribution in [3.8, 4) is 0 Å². The number of ether oxygens (including phenoxy) is 1. The summed E-state index contributed by atoms with van der Waals surface area (Å²) >= 11 is 0. The van der Waals surface area contributed by atoms with Gasteiger partial charge in [-0.15, -0.1) is 0 Å². The number of para-hydroxylation sites is 1. The van der Waals surface area contributed by atoms with Crippen LogP contribution in [0.3, 0.4) is 0 Å². The van der Waals surface area contributed by atoms with Gasteiger partial charge in [0, 0.05) is 32.4 Å². The molecule has 1 aliphatic heterocycles. The van der Waals surface area contributed by atoms with Crippen molar-refractivity contribution in [2.24, 2.45) is 5.41 Å². The molecule has 1 aliphatic rings. The smallest absolute Gasteiger partial charge is 0.0579 e. The third-order valence-corrected chi connectivity index (χ3v) is 3.77. The second-order valence-electron chi connectivity index (χ2n) is 5.65. The predicted molar refractivity (Wildman–Crippen MR) is 77.5 cm³/mol. The van der Waals surface area contributed by atoms with Crippen LogP contribution in [0.25, 0.3) is 0 Å². The first kappa shape index (κ1) is 14.3. The molecule has 1 aromatic carbocycles. The van der Waals surface area contributed by atoms with Gasteiger partial charge >= 0.3 is 0 Å². The summed E-state index contributed by atoms with van der Waals surface area (Å²) in [4.78, 5) is 4.53. The van der Waals surface area contributed by atoms with E-state index in [0.717, 1.165) is 19.6 Å². The molecule has 1 saturated heterocycles. The van der Waals surface area contributed by atoms with E-state index in [1.807, 2.05) is 6.07 Å². The van der Waals surface area contributed by atoms with Crippen LogP contribution < -0.4 is 4.90 Å². The number of rotatable bonds is 7. The van der Waals surface area contributed by atoms with Crippen molar-refractivity contribution in [3.63, 3.8) is 0 Å². The molecule has 1 aromatic rings. The third-order valence-electron chi connectivity index (χ3n) is 3.77. The number of benzene rings is 1. The molecule has 1 fully saturated rings. The molecule has 0 radical (unpaired) electrons. The molecular formula is C15H24N2O2. The van der Waals surface area contributed by atoms with Gasteiger partial charge in [0.2, 0.25) is 0 Å². The minimum Gasteiger partial charge on any atom is -0.396 e. The number of likely N-dealkylation sites (N-methyl/N-ethyl adjacent to an activating group) is 2. The molecule has 0 saturated carbocycles. The SMILES string of the molecule is CN(CCN(C)c1ccccc1)CC1(CO)COC1. The molecule has 2 rings (SSSR count). The molecule has 0 unspecified atom stereocenters. The van der Waals surface area contributed by atoms with Gasteiger partial charge in [0.25, 0.3) is 0 Å². The van der Waals surface area contributed by atoms with Crippen molar-refractivity contribution in [1.82, 2.24) is 4.90 Å². The van der Waals surface area contributed by atoms with Gasteiger partial charge in [0.05, 0.1) is 25.2 Å². The van der Waals surface area contributed by atoms with Gasteiger partial charge < -0.3 is 19.6 Å². The normalized spacial score (nSPS) is 17.3. The zero-order chi connectivity index (χ0) is 13.7. The quantitative estimate of drug-likeness (QED) is 0.799. The minimum absolute atomic E-state index is 0.0277. The fraction of sp³-hybridized carbons (Fsp3) is 0.600. The number of aliphatic hydroxyl groups is 1. The molecule has 0 aromatic heterocycles. The first-order valence-electron chi connectivity index (χ1n) is 6.79. The number of hydrogen-bond acceptors (Lipinski definition) is 4. The van der Waals surface area contributed by atoms with E-state index in [1.54, 1.807) is 0 Å². The fourth-order valence-corrected chi connectivity index (χ4v) is 2.41. The Bertz CT molecular complexity index is 373. The highest BCUT2D eigenvalue weighted by Crippen LogP contribution is 2.27. The van der Waals surface area contributed by atoms with Crippen LogP contribution in [-0.2, 0) is 4.74 Å². The maximum Gasteiger partial charge on any atom is 0.0579 e. The topological polar surface area (TPSA) is 35.9 Å². The molecule has 19 heavy (non-hydrogen) atoms. The first-order chi connectivity index (χ1) is 9.15. The third kappa shape index (κ3) is 3.69. The molecule has 0 atom stereocenters. The Morgan fingerprint density at radius 1 is 1.16 bits per heavy atom. The van der Waals surface area contributed by atoms with Crippen LogP contribution in [-0.4, -0.2) is 63.6 Å². The Balaban J connectivity index is 1.76. The highest BCUT2D eigenvalue weighted by Gasteiger charge is 2.38. The lowest BCUT2D eigenvalue weighted by molar-refractivity contribution is -0.146. The van der Waals surface area contributed by atoms with Crippen LogP contribution in [0.2, 0.25) is 0 Å². The van der Waals surface area contributed by atoms with Crippen LogP contribution >= 0.6 is 0 Å². The van der Waals surface area contributed by atoms with E-state index in [4.69, 9.17) is 4.74 Å². The van der Waals surface area contributed by atoms with E-state index in [1.165, 1.54) is 5.69 Å². The van der Waals surface area contributed by atoms with Crippen molar-refractivity contribution in [2.45, 2.75) is 0 Å². The highest BCUT2D eigenvalue weighted by molar-refractivity contribution is 5.44. The second-order valence-corrected chi connectivity index (χ2v) is 5.65. The lowest BCUT2D eigenvalue weighted by Gasteiger charge is -2.42. The summed E-state index contributed by atoms with van der Waals surface area (Å²) in [5.41, 5.74) is 1.21. The number of aliphatic hydroxyl groups excluding tert-OH is 1. The van der Waals surface area contributed by atoms with Gasteiger partial charge in [0.15, 0.2) is 0 Å². The molecule has 4 heteroatoms. The summed E-state index contributed by atoms with van der Waals surface area (Å²) in [5.74, 6) is 0. The Morgan fingerprint density at radius 3 is 2.37 bits per heavy atom. The fourth-order valence-electron chi connectivity index (χ4n) is 2.41.